The van der Waals surface area contributed by atoms with E-state index in [9.17, 15) is 4.79 Å². The van der Waals surface area contributed by atoms with E-state index in [-0.39, 0.29) is 16.4 Å². The van der Waals surface area contributed by atoms with Crippen LogP contribution >= 0.6 is 12.2 Å². The second-order valence-corrected chi connectivity index (χ2v) is 9.72. The molecule has 2 N–H and O–H groups in total. The number of nitrogens with zero attached hydrogens (tertiary/aromatic N) is 1. The number of hydrogen-bond donors (Lipinski definition) is 2. The predicted molar refractivity (Wildman–Crippen MR) is 144 cm³/mol. The number of hydrogen-bond acceptors (Lipinski definition) is 5. The number of anilines is 1. The fraction of sp³-hybridized carbons (Fsp3) is 0.250. The van der Waals surface area contributed by atoms with Crippen LogP contribution < -0.4 is 15.4 Å². The van der Waals surface area contributed by atoms with Crippen molar-refractivity contribution >= 4 is 40.0 Å². The summed E-state index contributed by atoms with van der Waals surface area (Å²) in [6.45, 7) is 9.17. The molecule has 0 radical (unpaired) electrons. The average molecular weight is 488 g/mol. The van der Waals surface area contributed by atoms with Crippen LogP contribution in [0.5, 0.6) is 5.75 Å². The van der Waals surface area contributed by atoms with E-state index >= 15 is 0 Å². The number of ether oxygens (including phenoxy) is 1. The quantitative estimate of drug-likeness (QED) is 0.295. The van der Waals surface area contributed by atoms with Crippen molar-refractivity contribution in [2.75, 3.05) is 11.9 Å². The summed E-state index contributed by atoms with van der Waals surface area (Å²) in [6, 6.07) is 20.8. The molecule has 3 aromatic carbocycles. The number of fused-ring (bicyclic) bond motifs is 1. The first kappa shape index (κ1) is 24.4. The first-order chi connectivity index (χ1) is 16.7. The molecule has 0 spiro atoms. The molecule has 0 aliphatic heterocycles. The third kappa shape index (κ3) is 6.05. The number of carbonyl (C=O) groups is 1. The first-order valence-corrected chi connectivity index (χ1v) is 12.0. The topological polar surface area (TPSA) is 76.4 Å². The molecule has 1 amide bonds. The van der Waals surface area contributed by atoms with Crippen molar-refractivity contribution in [1.82, 2.24) is 10.3 Å². The van der Waals surface area contributed by atoms with Gasteiger partial charge in [-0.25, -0.2) is 4.98 Å². The Hall–Kier alpha value is -3.71. The van der Waals surface area contributed by atoms with Gasteiger partial charge in [0.25, 0.3) is 5.91 Å². The highest BCUT2D eigenvalue weighted by atomic mass is 32.1. The molecule has 180 valence electrons. The Bertz CT molecular complexity index is 1350. The summed E-state index contributed by atoms with van der Waals surface area (Å²) in [7, 11) is 0. The molecule has 0 saturated heterocycles. The zero-order valence-electron chi connectivity index (χ0n) is 20.3. The third-order valence-corrected chi connectivity index (χ3v) is 5.64. The summed E-state index contributed by atoms with van der Waals surface area (Å²) in [4.78, 5) is 17.2. The van der Waals surface area contributed by atoms with Crippen LogP contribution in [0.15, 0.2) is 71.1 Å². The van der Waals surface area contributed by atoms with Gasteiger partial charge in [-0.1, -0.05) is 45.9 Å². The van der Waals surface area contributed by atoms with E-state index in [0.717, 1.165) is 12.0 Å². The van der Waals surface area contributed by atoms with Gasteiger partial charge < -0.3 is 14.5 Å². The first-order valence-electron chi connectivity index (χ1n) is 11.6. The number of nitrogens with one attached hydrogen (secondary N) is 2. The lowest BCUT2D eigenvalue weighted by atomic mass is 9.87. The lowest BCUT2D eigenvalue weighted by molar-refractivity contribution is 0.0977. The maximum atomic E-state index is 12.6. The van der Waals surface area contributed by atoms with Crippen LogP contribution in [0.25, 0.3) is 22.6 Å². The van der Waals surface area contributed by atoms with E-state index in [1.165, 1.54) is 5.56 Å². The van der Waals surface area contributed by atoms with Gasteiger partial charge in [0.1, 0.15) is 11.3 Å². The van der Waals surface area contributed by atoms with Crippen molar-refractivity contribution in [3.63, 3.8) is 0 Å². The normalized spacial score (nSPS) is 11.3. The van der Waals surface area contributed by atoms with Crippen molar-refractivity contribution in [3.8, 4) is 17.2 Å². The molecule has 0 bridgehead atoms. The highest BCUT2D eigenvalue weighted by Gasteiger charge is 2.15. The molecule has 1 aromatic heterocycles. The molecule has 7 heteroatoms. The van der Waals surface area contributed by atoms with Gasteiger partial charge in [-0.2, -0.15) is 0 Å². The van der Waals surface area contributed by atoms with Crippen LogP contribution in [-0.2, 0) is 5.41 Å². The van der Waals surface area contributed by atoms with Crippen molar-refractivity contribution < 1.29 is 13.9 Å². The Kier molecular flexibility index (Phi) is 7.17. The number of benzene rings is 3. The minimum Gasteiger partial charge on any atom is -0.494 e. The SMILES string of the molecule is CCCOc1cccc(C(=O)NC(=S)Nc2ccc3oc(-c4ccc(C(C)(C)C)cc4)nc3c2)c1. The van der Waals surface area contributed by atoms with E-state index in [1.807, 2.05) is 43.3 Å². The summed E-state index contributed by atoms with van der Waals surface area (Å²) < 4.78 is 11.5. The van der Waals surface area contributed by atoms with Gasteiger partial charge in [0.15, 0.2) is 10.7 Å². The van der Waals surface area contributed by atoms with Crippen molar-refractivity contribution in [3.05, 3.63) is 77.9 Å². The monoisotopic (exact) mass is 487 g/mol. The maximum Gasteiger partial charge on any atom is 0.257 e. The Labute approximate surface area is 210 Å². The van der Waals surface area contributed by atoms with Gasteiger partial charge in [0.2, 0.25) is 5.89 Å². The van der Waals surface area contributed by atoms with Gasteiger partial charge in [-0.05, 0) is 78.1 Å². The zero-order valence-corrected chi connectivity index (χ0v) is 21.2. The summed E-state index contributed by atoms with van der Waals surface area (Å²) in [5.74, 6) is 0.894. The van der Waals surface area contributed by atoms with E-state index in [0.29, 0.717) is 40.6 Å². The van der Waals surface area contributed by atoms with Crippen LogP contribution in [0, 0.1) is 0 Å². The Morgan fingerprint density at radius 2 is 1.83 bits per heavy atom. The maximum absolute atomic E-state index is 12.6. The van der Waals surface area contributed by atoms with E-state index in [4.69, 9.17) is 21.4 Å². The molecule has 35 heavy (non-hydrogen) atoms. The smallest absolute Gasteiger partial charge is 0.257 e. The van der Waals surface area contributed by atoms with Gasteiger partial charge in [-0.3, -0.25) is 10.1 Å². The number of aromatic nitrogens is 1. The van der Waals surface area contributed by atoms with Crippen LogP contribution in [0.2, 0.25) is 0 Å². The largest absolute Gasteiger partial charge is 0.494 e. The van der Waals surface area contributed by atoms with Crippen LogP contribution in [0.3, 0.4) is 0 Å². The molecule has 4 rings (SSSR count). The number of oxazole rings is 1. The fourth-order valence-electron chi connectivity index (χ4n) is 3.53. The second kappa shape index (κ2) is 10.3. The van der Waals surface area contributed by atoms with Crippen molar-refractivity contribution in [1.29, 1.82) is 0 Å². The Balaban J connectivity index is 1.43. The molecule has 0 fully saturated rings. The lowest BCUT2D eigenvalue weighted by Crippen LogP contribution is -2.34. The van der Waals surface area contributed by atoms with Gasteiger partial charge in [0, 0.05) is 16.8 Å². The van der Waals surface area contributed by atoms with Gasteiger partial charge in [-0.15, -0.1) is 0 Å². The molecule has 0 unspecified atom stereocenters. The van der Waals surface area contributed by atoms with E-state index in [1.54, 1.807) is 18.2 Å². The molecule has 0 atom stereocenters. The fourth-order valence-corrected chi connectivity index (χ4v) is 3.74. The van der Waals surface area contributed by atoms with Crippen LogP contribution in [0.4, 0.5) is 5.69 Å². The molecule has 4 aromatic rings. The lowest BCUT2D eigenvalue weighted by Gasteiger charge is -2.18. The molecule has 6 nitrogen and oxygen atoms in total. The molecule has 1 heterocycles. The molecule has 0 saturated carbocycles. The minimum absolute atomic E-state index is 0.0832. The summed E-state index contributed by atoms with van der Waals surface area (Å²) >= 11 is 5.34. The second-order valence-electron chi connectivity index (χ2n) is 9.31. The molecular weight excluding hydrogens is 458 g/mol. The summed E-state index contributed by atoms with van der Waals surface area (Å²) in [6.07, 6.45) is 0.894. The Morgan fingerprint density at radius 3 is 2.54 bits per heavy atom. The third-order valence-electron chi connectivity index (χ3n) is 5.44. The van der Waals surface area contributed by atoms with E-state index < -0.39 is 0 Å². The van der Waals surface area contributed by atoms with Gasteiger partial charge >= 0.3 is 0 Å². The number of amides is 1. The van der Waals surface area contributed by atoms with Crippen molar-refractivity contribution in [2.45, 2.75) is 39.5 Å². The van der Waals surface area contributed by atoms with Crippen LogP contribution in [0.1, 0.15) is 50.0 Å². The minimum atomic E-state index is -0.312. The van der Waals surface area contributed by atoms with E-state index in [2.05, 4.69) is 48.5 Å². The molecular formula is C28H29N3O3S. The zero-order chi connectivity index (χ0) is 25.0. The van der Waals surface area contributed by atoms with Gasteiger partial charge in [0.05, 0.1) is 6.61 Å². The Morgan fingerprint density at radius 1 is 1.06 bits per heavy atom. The highest BCUT2D eigenvalue weighted by Crippen LogP contribution is 2.29. The molecule has 0 aliphatic rings. The standard InChI is InChI=1S/C28H29N3O3S/c1-5-15-33-22-8-6-7-19(16-22)25(32)31-27(35)29-21-13-14-24-23(17-21)30-26(34-24)18-9-11-20(12-10-18)28(2,3)4/h6-14,16-17H,5,15H2,1-4H3,(H2,29,31,32,35). The summed E-state index contributed by atoms with van der Waals surface area (Å²) in [5, 5.41) is 5.94. The predicted octanol–water partition coefficient (Wildman–Crippen LogP) is 6.71. The molecule has 0 aliphatic carbocycles. The summed E-state index contributed by atoms with van der Waals surface area (Å²) in [5.41, 5.74) is 4.78. The van der Waals surface area contributed by atoms with Crippen molar-refractivity contribution in [2.24, 2.45) is 0 Å². The highest BCUT2D eigenvalue weighted by molar-refractivity contribution is 7.80. The number of carbonyl (C=O) groups excluding carboxylic acids is 1. The van der Waals surface area contributed by atoms with Crippen LogP contribution in [-0.4, -0.2) is 22.6 Å². The number of thiocarbonyl (C=S) groups is 1. The average Bonchev–Trinajstić information content (AvgIpc) is 3.26. The number of rotatable bonds is 6.